The molecule has 0 spiro atoms. The van der Waals surface area contributed by atoms with Gasteiger partial charge in [0.1, 0.15) is 0 Å². The number of halogens is 2. The molecule has 2 N–H and O–H groups in total. The maximum atomic E-state index is 9.24. The lowest BCUT2D eigenvalue weighted by Gasteiger charge is -2.11. The van der Waals surface area contributed by atoms with E-state index in [2.05, 4.69) is 21.2 Å². The van der Waals surface area contributed by atoms with E-state index in [0.717, 1.165) is 21.3 Å². The Kier molecular flexibility index (Phi) is 4.64. The highest BCUT2D eigenvalue weighted by Crippen LogP contribution is 2.23. The summed E-state index contributed by atoms with van der Waals surface area (Å²) in [5, 5.41) is 13.3. The lowest BCUT2D eigenvalue weighted by molar-refractivity contribution is 0.282. The lowest BCUT2D eigenvalue weighted by Crippen LogP contribution is -2.03. The van der Waals surface area contributed by atoms with E-state index in [1.807, 2.05) is 42.5 Å². The number of anilines is 1. The maximum absolute atomic E-state index is 9.24. The van der Waals surface area contributed by atoms with Gasteiger partial charge in [-0.2, -0.15) is 0 Å². The zero-order valence-electron chi connectivity index (χ0n) is 9.66. The largest absolute Gasteiger partial charge is 0.392 e. The summed E-state index contributed by atoms with van der Waals surface area (Å²) in [7, 11) is 0. The van der Waals surface area contributed by atoms with Crippen molar-refractivity contribution in [1.82, 2.24) is 0 Å². The van der Waals surface area contributed by atoms with Gasteiger partial charge in [-0.3, -0.25) is 0 Å². The molecule has 0 saturated carbocycles. The van der Waals surface area contributed by atoms with Gasteiger partial charge in [-0.15, -0.1) is 0 Å². The number of para-hydroxylation sites is 1. The Labute approximate surface area is 120 Å². The molecule has 18 heavy (non-hydrogen) atoms. The van der Waals surface area contributed by atoms with Gasteiger partial charge in [-0.05, 0) is 29.8 Å². The Bertz CT molecular complexity index is 545. The molecule has 0 aliphatic rings. The maximum Gasteiger partial charge on any atom is 0.0701 e. The highest BCUT2D eigenvalue weighted by Gasteiger charge is 2.03. The molecule has 2 aromatic carbocycles. The van der Waals surface area contributed by atoms with Gasteiger partial charge in [0.2, 0.25) is 0 Å². The smallest absolute Gasteiger partial charge is 0.0701 e. The zero-order valence-corrected chi connectivity index (χ0v) is 12.0. The minimum Gasteiger partial charge on any atom is -0.392 e. The second-order valence-corrected chi connectivity index (χ2v) is 5.20. The van der Waals surface area contributed by atoms with Gasteiger partial charge in [0.25, 0.3) is 0 Å². The summed E-state index contributed by atoms with van der Waals surface area (Å²) in [5.41, 5.74) is 2.90. The van der Waals surface area contributed by atoms with Gasteiger partial charge < -0.3 is 10.4 Å². The number of hydrogen-bond acceptors (Lipinski definition) is 2. The van der Waals surface area contributed by atoms with Gasteiger partial charge in [0, 0.05) is 27.3 Å². The molecule has 0 aliphatic heterocycles. The molecule has 0 bridgehead atoms. The van der Waals surface area contributed by atoms with Crippen LogP contribution in [0.3, 0.4) is 0 Å². The first-order chi connectivity index (χ1) is 8.70. The standard InChI is InChI=1S/C14H13BrClNO/c15-13-6-5-12(16)7-11(13)8-17-14-4-2-1-3-10(14)9-18/h1-7,17-18H,8-9H2. The second kappa shape index (κ2) is 6.23. The fourth-order valence-electron chi connectivity index (χ4n) is 1.70. The molecule has 0 fully saturated rings. The first-order valence-electron chi connectivity index (χ1n) is 5.57. The van der Waals surface area contributed by atoms with Crippen LogP contribution in [-0.2, 0) is 13.2 Å². The molecule has 2 nitrogen and oxygen atoms in total. The summed E-state index contributed by atoms with van der Waals surface area (Å²) in [6.45, 7) is 0.679. The minimum atomic E-state index is 0.0277. The van der Waals surface area contributed by atoms with Crippen LogP contribution in [0, 0.1) is 0 Å². The van der Waals surface area contributed by atoms with Crippen LogP contribution < -0.4 is 5.32 Å². The van der Waals surface area contributed by atoms with Crippen molar-refractivity contribution < 1.29 is 5.11 Å². The molecule has 0 heterocycles. The quantitative estimate of drug-likeness (QED) is 0.882. The first-order valence-corrected chi connectivity index (χ1v) is 6.74. The Morgan fingerprint density at radius 1 is 1.11 bits per heavy atom. The van der Waals surface area contributed by atoms with Crippen molar-refractivity contribution in [3.63, 3.8) is 0 Å². The molecule has 4 heteroatoms. The van der Waals surface area contributed by atoms with Crippen molar-refractivity contribution in [3.8, 4) is 0 Å². The van der Waals surface area contributed by atoms with Gasteiger partial charge >= 0.3 is 0 Å². The van der Waals surface area contributed by atoms with Crippen molar-refractivity contribution in [2.45, 2.75) is 13.2 Å². The monoisotopic (exact) mass is 325 g/mol. The van der Waals surface area contributed by atoms with Gasteiger partial charge in [0.05, 0.1) is 6.61 Å². The number of aliphatic hydroxyl groups is 1. The predicted octanol–water partition coefficient (Wildman–Crippen LogP) is 4.21. The molecule has 0 aliphatic carbocycles. The van der Waals surface area contributed by atoms with Crippen molar-refractivity contribution in [2.75, 3.05) is 5.32 Å². The molecular formula is C14H13BrClNO. The number of aliphatic hydroxyl groups excluding tert-OH is 1. The fourth-order valence-corrected chi connectivity index (χ4v) is 2.28. The van der Waals surface area contributed by atoms with E-state index in [0.29, 0.717) is 11.6 Å². The fraction of sp³-hybridized carbons (Fsp3) is 0.143. The van der Waals surface area contributed by atoms with Crippen LogP contribution in [0.2, 0.25) is 5.02 Å². The molecule has 2 rings (SSSR count). The van der Waals surface area contributed by atoms with Crippen molar-refractivity contribution in [1.29, 1.82) is 0 Å². The lowest BCUT2D eigenvalue weighted by atomic mass is 10.1. The topological polar surface area (TPSA) is 32.3 Å². The van der Waals surface area contributed by atoms with Crippen LogP contribution >= 0.6 is 27.5 Å². The number of hydrogen-bond donors (Lipinski definition) is 2. The molecule has 0 unspecified atom stereocenters. The van der Waals surface area contributed by atoms with Crippen LogP contribution in [-0.4, -0.2) is 5.11 Å². The molecule has 94 valence electrons. The average Bonchev–Trinajstić information content (AvgIpc) is 2.40. The van der Waals surface area contributed by atoms with E-state index in [9.17, 15) is 5.11 Å². The Hall–Kier alpha value is -1.03. The summed E-state index contributed by atoms with van der Waals surface area (Å²) in [5.74, 6) is 0. The second-order valence-electron chi connectivity index (χ2n) is 3.90. The van der Waals surface area contributed by atoms with Crippen LogP contribution in [0.15, 0.2) is 46.9 Å². The Morgan fingerprint density at radius 3 is 2.67 bits per heavy atom. The van der Waals surface area contributed by atoms with Gasteiger partial charge in [-0.1, -0.05) is 45.7 Å². The number of rotatable bonds is 4. The number of nitrogens with one attached hydrogen (secondary N) is 1. The first kappa shape index (κ1) is 13.4. The van der Waals surface area contributed by atoms with E-state index in [4.69, 9.17) is 11.6 Å². The zero-order chi connectivity index (χ0) is 13.0. The minimum absolute atomic E-state index is 0.0277. The van der Waals surface area contributed by atoms with Crippen LogP contribution in [0.4, 0.5) is 5.69 Å². The van der Waals surface area contributed by atoms with Crippen LogP contribution in [0.5, 0.6) is 0 Å². The summed E-state index contributed by atoms with van der Waals surface area (Å²) in [6.07, 6.45) is 0. The van der Waals surface area contributed by atoms with Crippen molar-refractivity contribution >= 4 is 33.2 Å². The van der Waals surface area contributed by atoms with Crippen molar-refractivity contribution in [2.24, 2.45) is 0 Å². The van der Waals surface area contributed by atoms with Gasteiger partial charge in [0.15, 0.2) is 0 Å². The summed E-state index contributed by atoms with van der Waals surface area (Å²) in [6, 6.07) is 13.4. The van der Waals surface area contributed by atoms with E-state index in [1.165, 1.54) is 0 Å². The summed E-state index contributed by atoms with van der Waals surface area (Å²) >= 11 is 9.46. The Balaban J connectivity index is 2.14. The normalized spacial score (nSPS) is 10.4. The third-order valence-corrected chi connectivity index (χ3v) is 3.67. The highest BCUT2D eigenvalue weighted by atomic mass is 79.9. The Morgan fingerprint density at radius 2 is 1.89 bits per heavy atom. The van der Waals surface area contributed by atoms with Crippen molar-refractivity contribution in [3.05, 3.63) is 63.1 Å². The third kappa shape index (κ3) is 3.25. The third-order valence-electron chi connectivity index (χ3n) is 2.66. The van der Waals surface area contributed by atoms with E-state index >= 15 is 0 Å². The van der Waals surface area contributed by atoms with E-state index in [1.54, 1.807) is 0 Å². The van der Waals surface area contributed by atoms with Gasteiger partial charge in [-0.25, -0.2) is 0 Å². The molecule has 0 amide bonds. The van der Waals surface area contributed by atoms with Crippen LogP contribution in [0.1, 0.15) is 11.1 Å². The SMILES string of the molecule is OCc1ccccc1NCc1cc(Cl)ccc1Br. The molecule has 0 saturated heterocycles. The number of benzene rings is 2. The average molecular weight is 327 g/mol. The summed E-state index contributed by atoms with van der Waals surface area (Å²) in [4.78, 5) is 0. The van der Waals surface area contributed by atoms with E-state index in [-0.39, 0.29) is 6.61 Å². The van der Waals surface area contributed by atoms with Crippen LogP contribution in [0.25, 0.3) is 0 Å². The molecule has 0 atom stereocenters. The predicted molar refractivity (Wildman–Crippen MR) is 78.8 cm³/mol. The molecular weight excluding hydrogens is 314 g/mol. The molecule has 0 aromatic heterocycles. The van der Waals surface area contributed by atoms with E-state index < -0.39 is 0 Å². The summed E-state index contributed by atoms with van der Waals surface area (Å²) < 4.78 is 1.01. The highest BCUT2D eigenvalue weighted by molar-refractivity contribution is 9.10. The molecule has 0 radical (unpaired) electrons. The molecule has 2 aromatic rings.